The fourth-order valence-electron chi connectivity index (χ4n) is 3.69. The third-order valence-corrected chi connectivity index (χ3v) is 5.55. The number of aromatic nitrogens is 2. The van der Waals surface area contributed by atoms with Gasteiger partial charge in [0.05, 0.1) is 30.1 Å². The van der Waals surface area contributed by atoms with Crippen LogP contribution in [0.3, 0.4) is 0 Å². The van der Waals surface area contributed by atoms with Gasteiger partial charge in [-0.3, -0.25) is 9.59 Å². The van der Waals surface area contributed by atoms with Crippen molar-refractivity contribution in [3.63, 3.8) is 0 Å². The van der Waals surface area contributed by atoms with Gasteiger partial charge < -0.3 is 14.5 Å². The summed E-state index contributed by atoms with van der Waals surface area (Å²) in [6.07, 6.45) is 3.97. The number of carbonyl (C=O) groups excluding carboxylic acids is 2. The summed E-state index contributed by atoms with van der Waals surface area (Å²) in [6, 6.07) is 14.5. The molecule has 1 aliphatic heterocycles. The molecule has 1 aromatic heterocycles. The van der Waals surface area contributed by atoms with Crippen molar-refractivity contribution >= 4 is 23.4 Å². The number of hydrogen-bond donors (Lipinski definition) is 0. The fraction of sp³-hybridized carbons (Fsp3) is 0.261. The number of hydrogen-bond acceptors (Lipinski definition) is 4. The van der Waals surface area contributed by atoms with Gasteiger partial charge in [-0.05, 0) is 36.8 Å². The Morgan fingerprint density at radius 2 is 1.71 bits per heavy atom. The summed E-state index contributed by atoms with van der Waals surface area (Å²) < 4.78 is 6.96. The van der Waals surface area contributed by atoms with Gasteiger partial charge in [-0.1, -0.05) is 29.8 Å². The van der Waals surface area contributed by atoms with E-state index in [1.807, 2.05) is 24.3 Å². The minimum absolute atomic E-state index is 0.0828. The molecule has 0 atom stereocenters. The number of ether oxygens (including phenoxy) is 1. The van der Waals surface area contributed by atoms with E-state index in [0.29, 0.717) is 54.5 Å². The maximum absolute atomic E-state index is 13.0. The van der Waals surface area contributed by atoms with E-state index in [0.717, 1.165) is 5.69 Å². The third kappa shape index (κ3) is 4.56. The number of amides is 2. The molecule has 160 valence electrons. The molecule has 2 aromatic carbocycles. The summed E-state index contributed by atoms with van der Waals surface area (Å²) in [7, 11) is 1.55. The van der Waals surface area contributed by atoms with Crippen molar-refractivity contribution in [2.75, 3.05) is 33.3 Å². The predicted octanol–water partition coefficient (Wildman–Crippen LogP) is 3.52. The summed E-state index contributed by atoms with van der Waals surface area (Å²) in [4.78, 5) is 29.6. The Kier molecular flexibility index (Phi) is 6.23. The molecular formula is C23H23ClN4O3. The lowest BCUT2D eigenvalue weighted by Crippen LogP contribution is -2.37. The van der Waals surface area contributed by atoms with Gasteiger partial charge in [0.25, 0.3) is 11.8 Å². The predicted molar refractivity (Wildman–Crippen MR) is 118 cm³/mol. The minimum atomic E-state index is -0.0973. The Hall–Kier alpha value is -3.32. The van der Waals surface area contributed by atoms with Crippen LogP contribution in [0, 0.1) is 0 Å². The first-order chi connectivity index (χ1) is 15.1. The molecule has 0 unspecified atom stereocenters. The van der Waals surface area contributed by atoms with Crippen LogP contribution in [0.25, 0.3) is 5.69 Å². The molecule has 8 heteroatoms. The second-order valence-corrected chi connectivity index (χ2v) is 7.73. The molecule has 2 heterocycles. The summed E-state index contributed by atoms with van der Waals surface area (Å²) in [5, 5.41) is 4.91. The molecule has 0 radical (unpaired) electrons. The molecule has 0 spiro atoms. The second kappa shape index (κ2) is 9.22. The molecule has 0 bridgehead atoms. The zero-order valence-electron chi connectivity index (χ0n) is 17.2. The van der Waals surface area contributed by atoms with Crippen LogP contribution in [0.2, 0.25) is 5.02 Å². The van der Waals surface area contributed by atoms with Crippen molar-refractivity contribution in [1.82, 2.24) is 19.6 Å². The van der Waals surface area contributed by atoms with E-state index in [2.05, 4.69) is 5.10 Å². The average Bonchev–Trinajstić information content (AvgIpc) is 3.16. The van der Waals surface area contributed by atoms with Crippen molar-refractivity contribution in [2.45, 2.75) is 6.42 Å². The van der Waals surface area contributed by atoms with E-state index in [1.165, 1.54) is 0 Å². The number of nitrogens with zero attached hydrogens (tertiary/aromatic N) is 4. The van der Waals surface area contributed by atoms with E-state index in [-0.39, 0.29) is 11.8 Å². The maximum Gasteiger partial charge on any atom is 0.257 e. The van der Waals surface area contributed by atoms with Crippen molar-refractivity contribution in [1.29, 1.82) is 0 Å². The highest BCUT2D eigenvalue weighted by atomic mass is 35.5. The maximum atomic E-state index is 13.0. The SMILES string of the molecule is COc1ccccc1C(=O)N1CCCN(C(=O)c2cnn(-c3cccc(Cl)c3)c2)CC1. The lowest BCUT2D eigenvalue weighted by Gasteiger charge is -2.22. The Morgan fingerprint density at radius 1 is 0.968 bits per heavy atom. The van der Waals surface area contributed by atoms with E-state index in [4.69, 9.17) is 16.3 Å². The van der Waals surface area contributed by atoms with Gasteiger partial charge in [-0.25, -0.2) is 4.68 Å². The van der Waals surface area contributed by atoms with Crippen LogP contribution in [-0.2, 0) is 0 Å². The standard InChI is InChI=1S/C23H23ClN4O3/c1-31-21-9-3-2-8-20(21)23(30)27-11-5-10-26(12-13-27)22(29)17-15-25-28(16-17)19-7-4-6-18(24)14-19/h2-4,6-9,14-16H,5,10-13H2,1H3. The van der Waals surface area contributed by atoms with Gasteiger partial charge in [-0.2, -0.15) is 5.10 Å². The summed E-state index contributed by atoms with van der Waals surface area (Å²) in [6.45, 7) is 2.09. The number of rotatable bonds is 4. The van der Waals surface area contributed by atoms with Gasteiger partial charge >= 0.3 is 0 Å². The monoisotopic (exact) mass is 438 g/mol. The molecule has 1 aliphatic rings. The van der Waals surface area contributed by atoms with Crippen LogP contribution in [0.15, 0.2) is 60.9 Å². The topological polar surface area (TPSA) is 67.7 Å². The number of para-hydroxylation sites is 1. The van der Waals surface area contributed by atoms with Crippen molar-refractivity contribution < 1.29 is 14.3 Å². The second-order valence-electron chi connectivity index (χ2n) is 7.29. The summed E-state index contributed by atoms with van der Waals surface area (Å²) >= 11 is 6.05. The minimum Gasteiger partial charge on any atom is -0.496 e. The van der Waals surface area contributed by atoms with Gasteiger partial charge in [-0.15, -0.1) is 0 Å². The Labute approximate surface area is 185 Å². The zero-order chi connectivity index (χ0) is 21.8. The van der Waals surface area contributed by atoms with Crippen LogP contribution in [-0.4, -0.2) is 64.7 Å². The molecule has 7 nitrogen and oxygen atoms in total. The Balaban J connectivity index is 1.44. The molecule has 1 fully saturated rings. The quantitative estimate of drug-likeness (QED) is 0.625. The third-order valence-electron chi connectivity index (χ3n) is 5.31. The first-order valence-electron chi connectivity index (χ1n) is 10.1. The normalized spacial score (nSPS) is 14.3. The van der Waals surface area contributed by atoms with Crippen LogP contribution in [0.4, 0.5) is 0 Å². The highest BCUT2D eigenvalue weighted by Gasteiger charge is 2.25. The molecular weight excluding hydrogens is 416 g/mol. The highest BCUT2D eigenvalue weighted by Crippen LogP contribution is 2.21. The Morgan fingerprint density at radius 3 is 2.45 bits per heavy atom. The van der Waals surface area contributed by atoms with Gasteiger partial charge in [0, 0.05) is 37.4 Å². The number of halogens is 1. The summed E-state index contributed by atoms with van der Waals surface area (Å²) in [5.41, 5.74) is 1.83. The number of carbonyl (C=O) groups is 2. The summed E-state index contributed by atoms with van der Waals surface area (Å²) in [5.74, 6) is 0.374. The Bertz CT molecular complexity index is 1100. The first-order valence-corrected chi connectivity index (χ1v) is 10.5. The molecule has 0 saturated carbocycles. The van der Waals surface area contributed by atoms with Crippen LogP contribution < -0.4 is 4.74 Å². The number of methoxy groups -OCH3 is 1. The average molecular weight is 439 g/mol. The lowest BCUT2D eigenvalue weighted by atomic mass is 10.1. The zero-order valence-corrected chi connectivity index (χ0v) is 18.0. The largest absolute Gasteiger partial charge is 0.496 e. The molecule has 0 aliphatic carbocycles. The first kappa shape index (κ1) is 20.9. The van der Waals surface area contributed by atoms with Crippen LogP contribution >= 0.6 is 11.6 Å². The highest BCUT2D eigenvalue weighted by molar-refractivity contribution is 6.30. The van der Waals surface area contributed by atoms with Crippen molar-refractivity contribution in [2.24, 2.45) is 0 Å². The van der Waals surface area contributed by atoms with E-state index in [1.54, 1.807) is 58.3 Å². The lowest BCUT2D eigenvalue weighted by molar-refractivity contribution is 0.0717. The number of benzene rings is 2. The molecule has 1 saturated heterocycles. The van der Waals surface area contributed by atoms with Gasteiger partial charge in [0.2, 0.25) is 0 Å². The van der Waals surface area contributed by atoms with Crippen molar-refractivity contribution in [3.8, 4) is 11.4 Å². The van der Waals surface area contributed by atoms with Crippen molar-refractivity contribution in [3.05, 3.63) is 77.1 Å². The fourth-order valence-corrected chi connectivity index (χ4v) is 3.88. The molecule has 4 rings (SSSR count). The molecule has 31 heavy (non-hydrogen) atoms. The molecule has 2 amide bonds. The van der Waals surface area contributed by atoms with E-state index >= 15 is 0 Å². The van der Waals surface area contributed by atoms with Crippen LogP contribution in [0.1, 0.15) is 27.1 Å². The molecule has 0 N–H and O–H groups in total. The van der Waals surface area contributed by atoms with Gasteiger partial charge in [0.1, 0.15) is 5.75 Å². The van der Waals surface area contributed by atoms with Crippen LogP contribution in [0.5, 0.6) is 5.75 Å². The van der Waals surface area contributed by atoms with Gasteiger partial charge in [0.15, 0.2) is 0 Å². The molecule has 3 aromatic rings. The smallest absolute Gasteiger partial charge is 0.257 e. The van der Waals surface area contributed by atoms with E-state index in [9.17, 15) is 9.59 Å². The van der Waals surface area contributed by atoms with E-state index < -0.39 is 0 Å².